The molecule has 1 N–H and O–H groups in total. The van der Waals surface area contributed by atoms with Crippen molar-refractivity contribution >= 4 is 41.3 Å². The van der Waals surface area contributed by atoms with Crippen LogP contribution >= 0.6 is 35.3 Å². The number of nitrogens with one attached hydrogen (secondary N) is 1. The van der Waals surface area contributed by atoms with Gasteiger partial charge in [0.1, 0.15) is 0 Å². The number of thiophene rings is 1. The van der Waals surface area contributed by atoms with Gasteiger partial charge in [-0.15, -0.1) is 24.0 Å². The Hall–Kier alpha value is -0.340. The van der Waals surface area contributed by atoms with E-state index in [1.54, 1.807) is 11.3 Å². The summed E-state index contributed by atoms with van der Waals surface area (Å²) < 4.78 is 5.27. The molecular weight excluding hydrogens is 385 g/mol. The molecular formula is C14H24IN3OS. The van der Waals surface area contributed by atoms with Crippen LogP contribution < -0.4 is 5.32 Å². The molecule has 1 aromatic heterocycles. The molecule has 0 aliphatic carbocycles. The Morgan fingerprint density at radius 1 is 1.55 bits per heavy atom. The largest absolute Gasteiger partial charge is 0.380 e. The first-order valence-corrected chi connectivity index (χ1v) is 7.65. The van der Waals surface area contributed by atoms with Crippen LogP contribution in [-0.2, 0) is 11.3 Å². The first-order valence-electron chi connectivity index (χ1n) is 6.71. The molecule has 4 nitrogen and oxygen atoms in total. The molecule has 0 bridgehead atoms. The summed E-state index contributed by atoms with van der Waals surface area (Å²) in [5.41, 5.74) is 1.56. The fraction of sp³-hybridized carbons (Fsp3) is 0.643. The molecule has 0 amide bonds. The molecule has 1 fully saturated rings. The summed E-state index contributed by atoms with van der Waals surface area (Å²) in [6, 6.07) is 2.16. The lowest BCUT2D eigenvalue weighted by Gasteiger charge is -2.37. The normalized spacial score (nSPS) is 17.1. The van der Waals surface area contributed by atoms with Crippen LogP contribution in [0.25, 0.3) is 0 Å². The number of hydrogen-bond donors (Lipinski definition) is 1. The number of hydrogen-bond acceptors (Lipinski definition) is 3. The summed E-state index contributed by atoms with van der Waals surface area (Å²) in [6.45, 7) is 8.57. The van der Waals surface area contributed by atoms with E-state index in [4.69, 9.17) is 9.73 Å². The van der Waals surface area contributed by atoms with Crippen molar-refractivity contribution < 1.29 is 4.74 Å². The van der Waals surface area contributed by atoms with Gasteiger partial charge in [-0.05, 0) is 29.3 Å². The van der Waals surface area contributed by atoms with Crippen LogP contribution in [0.1, 0.15) is 19.4 Å². The van der Waals surface area contributed by atoms with E-state index in [0.29, 0.717) is 0 Å². The van der Waals surface area contributed by atoms with Crippen LogP contribution in [0.4, 0.5) is 0 Å². The topological polar surface area (TPSA) is 36.9 Å². The Kier molecular flexibility index (Phi) is 7.25. The van der Waals surface area contributed by atoms with E-state index < -0.39 is 0 Å². The minimum Gasteiger partial charge on any atom is -0.380 e. The monoisotopic (exact) mass is 409 g/mol. The number of rotatable bonds is 5. The van der Waals surface area contributed by atoms with E-state index in [0.717, 1.165) is 38.8 Å². The molecule has 0 atom stereocenters. The lowest BCUT2D eigenvalue weighted by atomic mass is 9.89. The maximum Gasteiger partial charge on any atom is 0.193 e. The van der Waals surface area contributed by atoms with Gasteiger partial charge >= 0.3 is 0 Å². The van der Waals surface area contributed by atoms with Gasteiger partial charge in [-0.25, -0.2) is 0 Å². The van der Waals surface area contributed by atoms with Gasteiger partial charge in [0.25, 0.3) is 0 Å². The van der Waals surface area contributed by atoms with Crippen LogP contribution in [-0.4, -0.2) is 44.2 Å². The summed E-state index contributed by atoms with van der Waals surface area (Å²) in [4.78, 5) is 6.92. The zero-order chi connectivity index (χ0) is 13.7. The number of halogens is 1. The summed E-state index contributed by atoms with van der Waals surface area (Å²) in [5.74, 6) is 0.974. The molecule has 0 spiro atoms. The van der Waals surface area contributed by atoms with E-state index in [1.165, 1.54) is 5.56 Å². The molecule has 0 unspecified atom stereocenters. The van der Waals surface area contributed by atoms with Gasteiger partial charge in [0.2, 0.25) is 0 Å². The van der Waals surface area contributed by atoms with Crippen molar-refractivity contribution in [1.29, 1.82) is 0 Å². The van der Waals surface area contributed by atoms with Gasteiger partial charge in [0.05, 0.1) is 19.8 Å². The van der Waals surface area contributed by atoms with Crippen LogP contribution in [0.3, 0.4) is 0 Å². The first-order chi connectivity index (χ1) is 9.13. The van der Waals surface area contributed by atoms with Gasteiger partial charge in [0.15, 0.2) is 5.96 Å². The fourth-order valence-electron chi connectivity index (χ4n) is 2.01. The van der Waals surface area contributed by atoms with E-state index in [1.807, 2.05) is 0 Å². The van der Waals surface area contributed by atoms with E-state index in [9.17, 15) is 0 Å². The van der Waals surface area contributed by atoms with Crippen LogP contribution in [0.2, 0.25) is 0 Å². The van der Waals surface area contributed by atoms with Crippen molar-refractivity contribution in [2.45, 2.75) is 20.4 Å². The van der Waals surface area contributed by atoms with Gasteiger partial charge in [-0.2, -0.15) is 11.3 Å². The minimum absolute atomic E-state index is 0. The molecule has 0 radical (unpaired) electrons. The summed E-state index contributed by atoms with van der Waals surface area (Å²) in [5, 5.41) is 7.65. The molecule has 6 heteroatoms. The second-order valence-electron chi connectivity index (χ2n) is 5.46. The standard InChI is InChI=1S/C14H23N3OS.HI/c1-4-15-13(16-9-14(2)10-18-11-14)17(3)7-12-5-6-19-8-12;/h5-6,8H,4,7,9-11H2,1-3H3,(H,15,16);1H. The number of nitrogens with zero attached hydrogens (tertiary/aromatic N) is 2. The smallest absolute Gasteiger partial charge is 0.193 e. The van der Waals surface area contributed by atoms with Crippen LogP contribution in [0.15, 0.2) is 21.8 Å². The molecule has 2 rings (SSSR count). The molecule has 0 saturated carbocycles. The summed E-state index contributed by atoms with van der Waals surface area (Å²) in [6.07, 6.45) is 0. The third-order valence-corrected chi connectivity index (χ3v) is 3.94. The lowest BCUT2D eigenvalue weighted by Crippen LogP contribution is -2.44. The third kappa shape index (κ3) is 4.89. The Balaban J connectivity index is 0.00000200. The Bertz CT molecular complexity index is 418. The highest BCUT2D eigenvalue weighted by Crippen LogP contribution is 2.26. The van der Waals surface area contributed by atoms with E-state index >= 15 is 0 Å². The lowest BCUT2D eigenvalue weighted by molar-refractivity contribution is -0.0945. The number of guanidine groups is 1. The molecule has 0 aromatic carbocycles. The summed E-state index contributed by atoms with van der Waals surface area (Å²) in [7, 11) is 2.08. The molecule has 2 heterocycles. The number of aliphatic imine (C=N–C) groups is 1. The predicted molar refractivity (Wildman–Crippen MR) is 96.1 cm³/mol. The SMILES string of the molecule is CCNC(=NCC1(C)COC1)N(C)Cc1ccsc1.I. The zero-order valence-electron chi connectivity index (χ0n) is 12.4. The Morgan fingerprint density at radius 2 is 2.30 bits per heavy atom. The highest BCUT2D eigenvalue weighted by atomic mass is 127. The van der Waals surface area contributed by atoms with Gasteiger partial charge in [-0.1, -0.05) is 6.92 Å². The second-order valence-corrected chi connectivity index (χ2v) is 6.24. The minimum atomic E-state index is 0. The quantitative estimate of drug-likeness (QED) is 0.462. The van der Waals surface area contributed by atoms with Crippen LogP contribution in [0, 0.1) is 5.41 Å². The molecule has 1 aliphatic rings. The molecule has 1 aromatic rings. The Morgan fingerprint density at radius 3 is 2.80 bits per heavy atom. The highest BCUT2D eigenvalue weighted by Gasteiger charge is 2.33. The Labute approximate surface area is 142 Å². The zero-order valence-corrected chi connectivity index (χ0v) is 15.5. The van der Waals surface area contributed by atoms with E-state index in [-0.39, 0.29) is 29.4 Å². The summed E-state index contributed by atoms with van der Waals surface area (Å²) >= 11 is 1.73. The predicted octanol–water partition coefficient (Wildman–Crippen LogP) is 2.80. The third-order valence-electron chi connectivity index (χ3n) is 3.21. The highest BCUT2D eigenvalue weighted by molar-refractivity contribution is 14.0. The van der Waals surface area contributed by atoms with Crippen molar-refractivity contribution in [1.82, 2.24) is 10.2 Å². The maximum absolute atomic E-state index is 5.27. The molecule has 20 heavy (non-hydrogen) atoms. The van der Waals surface area contributed by atoms with Gasteiger partial charge in [0, 0.05) is 25.6 Å². The molecule has 1 saturated heterocycles. The van der Waals surface area contributed by atoms with Gasteiger partial charge in [-0.3, -0.25) is 4.99 Å². The first kappa shape index (κ1) is 17.7. The van der Waals surface area contributed by atoms with Crippen molar-refractivity contribution in [2.75, 3.05) is 33.4 Å². The fourth-order valence-corrected chi connectivity index (χ4v) is 2.67. The average molecular weight is 409 g/mol. The van der Waals surface area contributed by atoms with Crippen LogP contribution in [0.5, 0.6) is 0 Å². The number of ether oxygens (including phenoxy) is 1. The maximum atomic E-state index is 5.27. The molecule has 1 aliphatic heterocycles. The average Bonchev–Trinajstić information content (AvgIpc) is 2.84. The van der Waals surface area contributed by atoms with Crippen molar-refractivity contribution in [2.24, 2.45) is 10.4 Å². The van der Waals surface area contributed by atoms with Crippen molar-refractivity contribution in [3.05, 3.63) is 22.4 Å². The molecule has 114 valence electrons. The second kappa shape index (κ2) is 8.19. The van der Waals surface area contributed by atoms with Crippen molar-refractivity contribution in [3.63, 3.8) is 0 Å². The van der Waals surface area contributed by atoms with Crippen molar-refractivity contribution in [3.8, 4) is 0 Å². The van der Waals surface area contributed by atoms with Gasteiger partial charge < -0.3 is 15.0 Å². The van der Waals surface area contributed by atoms with E-state index in [2.05, 4.69) is 47.9 Å².